The van der Waals surface area contributed by atoms with Crippen LogP contribution in [-0.2, 0) is 22.7 Å². The first-order valence-corrected chi connectivity index (χ1v) is 8.24. The molecule has 0 aliphatic carbocycles. The molecule has 0 amide bonds. The van der Waals surface area contributed by atoms with Crippen LogP contribution in [0.1, 0.15) is 31.8 Å². The molecule has 0 saturated carbocycles. The number of benzene rings is 3. The molecule has 0 atom stereocenters. The van der Waals surface area contributed by atoms with E-state index in [1.165, 1.54) is 0 Å². The third-order valence-corrected chi connectivity index (χ3v) is 3.78. The number of hydrogen-bond donors (Lipinski definition) is 0. The van der Waals surface area contributed by atoms with Gasteiger partial charge in [0.05, 0.1) is 11.1 Å². The van der Waals surface area contributed by atoms with Gasteiger partial charge in [-0.25, -0.2) is 9.59 Å². The highest BCUT2D eigenvalue weighted by Gasteiger charge is 2.08. The fourth-order valence-electron chi connectivity index (χ4n) is 2.34. The van der Waals surface area contributed by atoms with Crippen LogP contribution < -0.4 is 0 Å². The summed E-state index contributed by atoms with van der Waals surface area (Å²) in [4.78, 5) is 23.8. The summed E-state index contributed by atoms with van der Waals surface area (Å²) < 4.78 is 10.6. The minimum atomic E-state index is -0.355. The van der Waals surface area contributed by atoms with Gasteiger partial charge in [-0.2, -0.15) is 0 Å². The van der Waals surface area contributed by atoms with E-state index >= 15 is 0 Å². The summed E-state index contributed by atoms with van der Waals surface area (Å²) in [6.45, 7) is 0.385. The van der Waals surface area contributed by atoms with Gasteiger partial charge in [-0.3, -0.25) is 0 Å². The van der Waals surface area contributed by atoms with Gasteiger partial charge in [0.2, 0.25) is 0 Å². The molecule has 0 N–H and O–H groups in total. The van der Waals surface area contributed by atoms with Crippen LogP contribution in [-0.4, -0.2) is 11.9 Å². The van der Waals surface area contributed by atoms with E-state index in [9.17, 15) is 9.59 Å². The monoisotopic (exact) mass is 346 g/mol. The quantitative estimate of drug-likeness (QED) is 0.621. The number of hydrogen-bond acceptors (Lipinski definition) is 4. The topological polar surface area (TPSA) is 52.6 Å². The smallest absolute Gasteiger partial charge is 0.338 e. The second-order valence-electron chi connectivity index (χ2n) is 5.70. The van der Waals surface area contributed by atoms with Crippen LogP contribution in [0.2, 0.25) is 0 Å². The van der Waals surface area contributed by atoms with Gasteiger partial charge in [-0.15, -0.1) is 0 Å². The van der Waals surface area contributed by atoms with Crippen molar-refractivity contribution in [2.45, 2.75) is 13.2 Å². The van der Waals surface area contributed by atoms with Gasteiger partial charge in [-0.1, -0.05) is 60.7 Å². The highest BCUT2D eigenvalue weighted by Crippen LogP contribution is 2.10. The van der Waals surface area contributed by atoms with Crippen molar-refractivity contribution in [2.24, 2.45) is 0 Å². The molecule has 3 rings (SSSR count). The Hall–Kier alpha value is -3.40. The SMILES string of the molecule is O=C(OCc1ccc(COC(=O)c2ccccc2)cc1)c1ccccc1. The molecule has 3 aromatic carbocycles. The van der Waals surface area contributed by atoms with Crippen LogP contribution in [0.15, 0.2) is 84.9 Å². The van der Waals surface area contributed by atoms with Gasteiger partial charge in [0.25, 0.3) is 0 Å². The van der Waals surface area contributed by atoms with E-state index in [-0.39, 0.29) is 25.2 Å². The maximum atomic E-state index is 11.9. The van der Waals surface area contributed by atoms with E-state index in [0.29, 0.717) is 11.1 Å². The summed E-state index contributed by atoms with van der Waals surface area (Å²) in [6, 6.07) is 25.1. The van der Waals surface area contributed by atoms with Gasteiger partial charge in [0, 0.05) is 0 Å². The van der Waals surface area contributed by atoms with Gasteiger partial charge in [0.15, 0.2) is 0 Å². The lowest BCUT2D eigenvalue weighted by atomic mass is 10.1. The average Bonchev–Trinajstić information content (AvgIpc) is 2.72. The summed E-state index contributed by atoms with van der Waals surface area (Å²) in [6.07, 6.45) is 0. The fourth-order valence-corrected chi connectivity index (χ4v) is 2.34. The Labute approximate surface area is 152 Å². The molecule has 0 unspecified atom stereocenters. The standard InChI is InChI=1S/C22H18O4/c23-21(19-7-3-1-4-8-19)25-15-17-11-13-18(14-12-17)16-26-22(24)20-9-5-2-6-10-20/h1-14H,15-16H2. The van der Waals surface area contributed by atoms with Gasteiger partial charge < -0.3 is 9.47 Å². The predicted molar refractivity (Wildman–Crippen MR) is 97.6 cm³/mol. The van der Waals surface area contributed by atoms with E-state index < -0.39 is 0 Å². The van der Waals surface area contributed by atoms with E-state index in [0.717, 1.165) is 11.1 Å². The predicted octanol–water partition coefficient (Wildman–Crippen LogP) is 4.40. The normalized spacial score (nSPS) is 10.2. The molecule has 26 heavy (non-hydrogen) atoms. The molecule has 0 heterocycles. The zero-order chi connectivity index (χ0) is 18.2. The Morgan fingerprint density at radius 2 is 0.885 bits per heavy atom. The summed E-state index contributed by atoms with van der Waals surface area (Å²) in [5.41, 5.74) is 2.79. The van der Waals surface area contributed by atoms with Crippen molar-refractivity contribution in [1.29, 1.82) is 0 Å². The highest BCUT2D eigenvalue weighted by molar-refractivity contribution is 5.89. The first-order valence-electron chi connectivity index (χ1n) is 8.24. The molecule has 0 bridgehead atoms. The van der Waals surface area contributed by atoms with Gasteiger partial charge in [-0.05, 0) is 35.4 Å². The zero-order valence-electron chi connectivity index (χ0n) is 14.1. The van der Waals surface area contributed by atoms with Crippen molar-refractivity contribution in [3.05, 3.63) is 107 Å². The number of carbonyl (C=O) groups is 2. The lowest BCUT2D eigenvalue weighted by molar-refractivity contribution is 0.0460. The van der Waals surface area contributed by atoms with Crippen LogP contribution in [0.5, 0.6) is 0 Å². The maximum Gasteiger partial charge on any atom is 0.338 e. The first-order chi connectivity index (χ1) is 12.7. The first kappa shape index (κ1) is 17.4. The Morgan fingerprint density at radius 1 is 0.538 bits per heavy atom. The van der Waals surface area contributed by atoms with Crippen LogP contribution in [0.25, 0.3) is 0 Å². The lowest BCUT2D eigenvalue weighted by Crippen LogP contribution is -2.06. The van der Waals surface area contributed by atoms with Crippen LogP contribution in [0, 0.1) is 0 Å². The molecule has 0 aromatic heterocycles. The fraction of sp³-hybridized carbons (Fsp3) is 0.0909. The van der Waals surface area contributed by atoms with Gasteiger partial charge in [0.1, 0.15) is 13.2 Å². The Balaban J connectivity index is 1.49. The van der Waals surface area contributed by atoms with Crippen molar-refractivity contribution in [3.8, 4) is 0 Å². The largest absolute Gasteiger partial charge is 0.457 e. The molecule has 130 valence electrons. The molecule has 0 aliphatic heterocycles. The summed E-state index contributed by atoms with van der Waals surface area (Å²) in [5, 5.41) is 0. The minimum absolute atomic E-state index is 0.192. The second kappa shape index (κ2) is 8.62. The highest BCUT2D eigenvalue weighted by atomic mass is 16.5. The molecule has 4 nitrogen and oxygen atoms in total. The summed E-state index contributed by atoms with van der Waals surface area (Å²) in [7, 11) is 0. The molecule has 0 aliphatic rings. The molecule has 0 fully saturated rings. The minimum Gasteiger partial charge on any atom is -0.457 e. The average molecular weight is 346 g/mol. The molecule has 3 aromatic rings. The van der Waals surface area contributed by atoms with Crippen molar-refractivity contribution in [1.82, 2.24) is 0 Å². The summed E-state index contributed by atoms with van der Waals surface area (Å²) in [5.74, 6) is -0.710. The molecular weight excluding hydrogens is 328 g/mol. The molecule has 4 heteroatoms. The van der Waals surface area contributed by atoms with E-state index in [1.54, 1.807) is 48.5 Å². The van der Waals surface area contributed by atoms with Crippen LogP contribution in [0.4, 0.5) is 0 Å². The number of ether oxygens (including phenoxy) is 2. The molecule has 0 radical (unpaired) electrons. The molecule has 0 saturated heterocycles. The van der Waals surface area contributed by atoms with Crippen molar-refractivity contribution in [2.75, 3.05) is 0 Å². The molecule has 0 spiro atoms. The number of rotatable bonds is 6. The summed E-state index contributed by atoms with van der Waals surface area (Å²) >= 11 is 0. The molecular formula is C22H18O4. The van der Waals surface area contributed by atoms with Crippen molar-refractivity contribution < 1.29 is 19.1 Å². The Morgan fingerprint density at radius 3 is 1.23 bits per heavy atom. The third-order valence-electron chi connectivity index (χ3n) is 3.78. The Kier molecular flexibility index (Phi) is 5.78. The van der Waals surface area contributed by atoms with E-state index in [4.69, 9.17) is 9.47 Å². The third kappa shape index (κ3) is 4.80. The van der Waals surface area contributed by atoms with Crippen molar-refractivity contribution in [3.63, 3.8) is 0 Å². The number of esters is 2. The van der Waals surface area contributed by atoms with E-state index in [2.05, 4.69) is 0 Å². The lowest BCUT2D eigenvalue weighted by Gasteiger charge is -2.07. The zero-order valence-corrected chi connectivity index (χ0v) is 14.1. The maximum absolute atomic E-state index is 11.9. The Bertz CT molecular complexity index is 781. The van der Waals surface area contributed by atoms with Crippen molar-refractivity contribution >= 4 is 11.9 Å². The van der Waals surface area contributed by atoms with Gasteiger partial charge >= 0.3 is 11.9 Å². The van der Waals surface area contributed by atoms with E-state index in [1.807, 2.05) is 36.4 Å². The number of carbonyl (C=O) groups excluding carboxylic acids is 2. The van der Waals surface area contributed by atoms with Crippen LogP contribution >= 0.6 is 0 Å². The second-order valence-corrected chi connectivity index (χ2v) is 5.70. The van der Waals surface area contributed by atoms with Crippen LogP contribution in [0.3, 0.4) is 0 Å².